The van der Waals surface area contributed by atoms with Gasteiger partial charge in [0.25, 0.3) is 0 Å². The van der Waals surface area contributed by atoms with Crippen LogP contribution in [0.5, 0.6) is 5.75 Å². The number of nitrogens with one attached hydrogen (secondary N) is 2. The molecule has 1 aliphatic heterocycles. The lowest BCUT2D eigenvalue weighted by atomic mass is 9.93. The molecule has 7 heteroatoms. The van der Waals surface area contributed by atoms with Crippen molar-refractivity contribution in [3.63, 3.8) is 0 Å². The third-order valence-electron chi connectivity index (χ3n) is 4.73. The molecule has 2 heterocycles. The largest absolute Gasteiger partial charge is 0.497 e. The molecule has 0 saturated carbocycles. The van der Waals surface area contributed by atoms with Crippen molar-refractivity contribution >= 4 is 5.91 Å². The van der Waals surface area contributed by atoms with E-state index in [1.165, 1.54) is 0 Å². The Bertz CT molecular complexity index is 730. The third-order valence-corrected chi connectivity index (χ3v) is 4.73. The van der Waals surface area contributed by atoms with Gasteiger partial charge in [0, 0.05) is 39.1 Å². The molecular weight excluding hydrogens is 318 g/mol. The second-order valence-electron chi connectivity index (χ2n) is 6.31. The van der Waals surface area contributed by atoms with Gasteiger partial charge in [0.2, 0.25) is 5.91 Å². The highest BCUT2D eigenvalue weighted by Gasteiger charge is 2.35. The quantitative estimate of drug-likeness (QED) is 0.823. The molecule has 2 unspecified atom stereocenters. The minimum absolute atomic E-state index is 0.0694. The molecule has 0 bridgehead atoms. The van der Waals surface area contributed by atoms with Gasteiger partial charge in [-0.15, -0.1) is 0 Å². The van der Waals surface area contributed by atoms with Gasteiger partial charge in [0.1, 0.15) is 11.6 Å². The first-order valence-electron chi connectivity index (χ1n) is 8.45. The maximum atomic E-state index is 12.9. The predicted octanol–water partition coefficient (Wildman–Crippen LogP) is 1.12. The fraction of sp³-hybridized carbons (Fsp3) is 0.444. The Kier molecular flexibility index (Phi) is 5.35. The molecule has 1 saturated heterocycles. The fourth-order valence-electron chi connectivity index (χ4n) is 3.17. The lowest BCUT2D eigenvalue weighted by Crippen LogP contribution is -2.38. The zero-order chi connectivity index (χ0) is 17.8. The van der Waals surface area contributed by atoms with E-state index in [1.54, 1.807) is 18.2 Å². The minimum Gasteiger partial charge on any atom is -0.497 e. The van der Waals surface area contributed by atoms with Gasteiger partial charge >= 0.3 is 0 Å². The Morgan fingerprint density at radius 1 is 1.48 bits per heavy atom. The maximum Gasteiger partial charge on any atom is 0.228 e. The maximum absolute atomic E-state index is 12.9. The van der Waals surface area contributed by atoms with Crippen molar-refractivity contribution in [2.45, 2.75) is 19.5 Å². The molecule has 2 aromatic rings. The minimum atomic E-state index is -0.152. The fourth-order valence-corrected chi connectivity index (χ4v) is 3.17. The molecule has 0 aliphatic carbocycles. The summed E-state index contributed by atoms with van der Waals surface area (Å²) < 4.78 is 7.35. The summed E-state index contributed by atoms with van der Waals surface area (Å²) in [6.45, 7) is 3.96. The molecule has 7 nitrogen and oxygen atoms in total. The molecule has 1 aliphatic rings. The van der Waals surface area contributed by atoms with Crippen molar-refractivity contribution in [3.8, 4) is 5.75 Å². The van der Waals surface area contributed by atoms with E-state index in [0.29, 0.717) is 13.1 Å². The highest BCUT2D eigenvalue weighted by Crippen LogP contribution is 2.28. The third kappa shape index (κ3) is 3.83. The average molecular weight is 343 g/mol. The van der Waals surface area contributed by atoms with Crippen LogP contribution in [0.1, 0.15) is 17.4 Å². The summed E-state index contributed by atoms with van der Waals surface area (Å²) in [5.41, 5.74) is 7.38. The smallest absolute Gasteiger partial charge is 0.228 e. The number of aromatic nitrogens is 2. The first-order valence-corrected chi connectivity index (χ1v) is 8.45. The summed E-state index contributed by atoms with van der Waals surface area (Å²) in [6, 6.07) is 7.77. The lowest BCUT2D eigenvalue weighted by Gasteiger charge is -2.25. The molecule has 1 fully saturated rings. The van der Waals surface area contributed by atoms with Gasteiger partial charge in [-0.1, -0.05) is 12.1 Å². The van der Waals surface area contributed by atoms with Crippen molar-refractivity contribution in [1.82, 2.24) is 25.3 Å². The monoisotopic (exact) mass is 343 g/mol. The molecular formula is C18H25N5O2. The van der Waals surface area contributed by atoms with Crippen molar-refractivity contribution in [2.24, 2.45) is 5.92 Å². The van der Waals surface area contributed by atoms with E-state index < -0.39 is 0 Å². The number of hydrogen-bond donors (Lipinski definition) is 2. The van der Waals surface area contributed by atoms with E-state index in [1.807, 2.05) is 44.4 Å². The number of hydrogen-bond acceptors (Lipinski definition) is 5. The zero-order valence-electron chi connectivity index (χ0n) is 14.9. The van der Waals surface area contributed by atoms with Crippen LogP contribution in [0.4, 0.5) is 0 Å². The SMILES string of the molecule is COc1cccc(C2NNCC2C(=O)N(C)CCn2ccnc2C)c1. The molecule has 25 heavy (non-hydrogen) atoms. The number of hydrazine groups is 1. The van der Waals surface area contributed by atoms with Crippen LogP contribution in [0, 0.1) is 12.8 Å². The van der Waals surface area contributed by atoms with Gasteiger partial charge in [-0.05, 0) is 24.6 Å². The van der Waals surface area contributed by atoms with E-state index in [4.69, 9.17) is 4.74 Å². The number of amides is 1. The Labute approximate surface area is 148 Å². The van der Waals surface area contributed by atoms with Crippen LogP contribution in [0.3, 0.4) is 0 Å². The number of imidazole rings is 1. The molecule has 1 amide bonds. The van der Waals surface area contributed by atoms with Crippen LogP contribution in [0.25, 0.3) is 0 Å². The standard InChI is InChI=1S/C18H25N5O2/c1-13-19-7-8-23(13)10-9-22(2)18(24)16-12-20-21-17(16)14-5-4-6-15(11-14)25-3/h4-8,11,16-17,20-21H,9-10,12H2,1-3H3. The van der Waals surface area contributed by atoms with Crippen LogP contribution in [-0.4, -0.2) is 47.6 Å². The number of ether oxygens (including phenoxy) is 1. The first kappa shape index (κ1) is 17.4. The summed E-state index contributed by atoms with van der Waals surface area (Å²) in [5, 5.41) is 0. The van der Waals surface area contributed by atoms with E-state index in [9.17, 15) is 4.79 Å². The van der Waals surface area contributed by atoms with E-state index in [-0.39, 0.29) is 17.9 Å². The molecule has 2 atom stereocenters. The van der Waals surface area contributed by atoms with E-state index >= 15 is 0 Å². The van der Waals surface area contributed by atoms with E-state index in [0.717, 1.165) is 23.7 Å². The molecule has 0 spiro atoms. The van der Waals surface area contributed by atoms with Crippen LogP contribution in [-0.2, 0) is 11.3 Å². The highest BCUT2D eigenvalue weighted by molar-refractivity contribution is 5.80. The number of likely N-dealkylation sites (N-methyl/N-ethyl adjacent to an activating group) is 1. The molecule has 0 radical (unpaired) electrons. The molecule has 1 aromatic carbocycles. The van der Waals surface area contributed by atoms with Gasteiger partial charge in [0.15, 0.2) is 0 Å². The Hall–Kier alpha value is -2.38. The van der Waals surface area contributed by atoms with E-state index in [2.05, 4.69) is 20.4 Å². The molecule has 1 aromatic heterocycles. The van der Waals surface area contributed by atoms with Gasteiger partial charge in [-0.25, -0.2) is 10.4 Å². The molecule has 3 rings (SSSR count). The summed E-state index contributed by atoms with van der Waals surface area (Å²) in [5.74, 6) is 1.73. The summed E-state index contributed by atoms with van der Waals surface area (Å²) in [4.78, 5) is 18.9. The van der Waals surface area contributed by atoms with Crippen molar-refractivity contribution in [3.05, 3.63) is 48.0 Å². The normalized spacial score (nSPS) is 19.8. The van der Waals surface area contributed by atoms with Gasteiger partial charge in [0.05, 0.1) is 19.1 Å². The first-order chi connectivity index (χ1) is 12.1. The average Bonchev–Trinajstić information content (AvgIpc) is 3.28. The Morgan fingerprint density at radius 3 is 3.04 bits per heavy atom. The number of benzene rings is 1. The van der Waals surface area contributed by atoms with Gasteiger partial charge in [-0.2, -0.15) is 0 Å². The number of carbonyl (C=O) groups is 1. The second-order valence-corrected chi connectivity index (χ2v) is 6.31. The van der Waals surface area contributed by atoms with Gasteiger partial charge in [-0.3, -0.25) is 10.2 Å². The Morgan fingerprint density at radius 2 is 2.32 bits per heavy atom. The number of aryl methyl sites for hydroxylation is 1. The van der Waals surface area contributed by atoms with Crippen molar-refractivity contribution in [2.75, 3.05) is 27.2 Å². The zero-order valence-corrected chi connectivity index (χ0v) is 14.9. The topological polar surface area (TPSA) is 71.4 Å². The van der Waals surface area contributed by atoms with Crippen LogP contribution >= 0.6 is 0 Å². The second kappa shape index (κ2) is 7.67. The number of methoxy groups -OCH3 is 1. The molecule has 2 N–H and O–H groups in total. The van der Waals surface area contributed by atoms with Crippen LogP contribution < -0.4 is 15.6 Å². The van der Waals surface area contributed by atoms with Crippen molar-refractivity contribution in [1.29, 1.82) is 0 Å². The number of carbonyl (C=O) groups excluding carboxylic acids is 1. The number of rotatable bonds is 6. The summed E-state index contributed by atoms with van der Waals surface area (Å²) >= 11 is 0. The number of nitrogens with zero attached hydrogens (tertiary/aromatic N) is 3. The lowest BCUT2D eigenvalue weighted by molar-refractivity contribution is -0.134. The predicted molar refractivity (Wildman–Crippen MR) is 95.0 cm³/mol. The van der Waals surface area contributed by atoms with Gasteiger partial charge < -0.3 is 14.2 Å². The summed E-state index contributed by atoms with van der Waals surface area (Å²) in [7, 11) is 3.50. The van der Waals surface area contributed by atoms with Crippen molar-refractivity contribution < 1.29 is 9.53 Å². The van der Waals surface area contributed by atoms with Crippen LogP contribution in [0.2, 0.25) is 0 Å². The summed E-state index contributed by atoms with van der Waals surface area (Å²) in [6.07, 6.45) is 3.71. The van der Waals surface area contributed by atoms with Crippen LogP contribution in [0.15, 0.2) is 36.7 Å². The molecule has 134 valence electrons. The highest BCUT2D eigenvalue weighted by atomic mass is 16.5. The Balaban J connectivity index is 1.66.